The van der Waals surface area contributed by atoms with E-state index in [-0.39, 0.29) is 18.4 Å². The molecule has 1 aromatic carbocycles. The molecule has 1 aromatic rings. The third-order valence-corrected chi connectivity index (χ3v) is 6.97. The maximum absolute atomic E-state index is 13.2. The number of fused-ring (bicyclic) bond motifs is 1. The highest BCUT2D eigenvalue weighted by molar-refractivity contribution is 7.80. The number of aliphatic hydroxyl groups excluding tert-OH is 2. The van der Waals surface area contributed by atoms with Crippen molar-refractivity contribution in [2.45, 2.75) is 30.7 Å². The summed E-state index contributed by atoms with van der Waals surface area (Å²) in [5.74, 6) is -0.634. The topological polar surface area (TPSA) is 101 Å². The van der Waals surface area contributed by atoms with E-state index >= 15 is 0 Å². The van der Waals surface area contributed by atoms with E-state index in [0.29, 0.717) is 11.7 Å². The lowest BCUT2D eigenvalue weighted by atomic mass is 9.77. The molecule has 3 aliphatic rings. The minimum absolute atomic E-state index is 0.124. The average Bonchev–Trinajstić information content (AvgIpc) is 3.14. The molecule has 0 radical (unpaired) electrons. The van der Waals surface area contributed by atoms with Gasteiger partial charge in [-0.2, -0.15) is 0 Å². The quantitative estimate of drug-likeness (QED) is 0.411. The van der Waals surface area contributed by atoms with Crippen LogP contribution in [-0.2, 0) is 9.53 Å². The molecule has 0 aromatic heterocycles. The summed E-state index contributed by atoms with van der Waals surface area (Å²) in [6, 6.07) is 7.03. The molecule has 2 heterocycles. The predicted molar refractivity (Wildman–Crippen MR) is 127 cm³/mol. The van der Waals surface area contributed by atoms with E-state index in [9.17, 15) is 15.0 Å². The molecular weight excluding hydrogens is 430 g/mol. The van der Waals surface area contributed by atoms with Crippen molar-refractivity contribution >= 4 is 34.6 Å². The fourth-order valence-electron chi connectivity index (χ4n) is 4.85. The largest absolute Gasteiger partial charge is 0.390 e. The molecule has 4 rings (SSSR count). The minimum Gasteiger partial charge on any atom is -0.390 e. The van der Waals surface area contributed by atoms with Crippen LogP contribution in [-0.4, -0.2) is 104 Å². The summed E-state index contributed by atoms with van der Waals surface area (Å²) in [6.45, 7) is 4.45. The number of ether oxygens (including phenoxy) is 1. The summed E-state index contributed by atoms with van der Waals surface area (Å²) in [6.07, 6.45) is -1.80. The Bertz CT molecular complexity index is 817. The zero-order valence-electron chi connectivity index (χ0n) is 18.6. The number of aliphatic hydroxyl groups is 2. The fraction of sp³-hybridized carbons (Fsp3) is 0.636. The third kappa shape index (κ3) is 4.69. The van der Waals surface area contributed by atoms with E-state index in [4.69, 9.17) is 17.0 Å². The number of nitrogens with one attached hydrogen (secondary N) is 2. The summed E-state index contributed by atoms with van der Waals surface area (Å²) in [5.41, 5.74) is 1.91. The molecule has 2 saturated heterocycles. The summed E-state index contributed by atoms with van der Waals surface area (Å²) < 4.78 is 5.37. The molecule has 0 bridgehead atoms. The number of nitrogens with zero attached hydrogens (tertiary/aromatic N) is 3. The van der Waals surface area contributed by atoms with Crippen LogP contribution in [0.1, 0.15) is 6.42 Å². The molecule has 176 valence electrons. The van der Waals surface area contributed by atoms with E-state index < -0.39 is 24.2 Å². The Labute approximate surface area is 194 Å². The summed E-state index contributed by atoms with van der Waals surface area (Å²) in [4.78, 5) is 19.4. The molecule has 10 heteroatoms. The third-order valence-electron chi connectivity index (χ3n) is 6.66. The zero-order chi connectivity index (χ0) is 22.8. The van der Waals surface area contributed by atoms with Gasteiger partial charge in [-0.25, -0.2) is 0 Å². The van der Waals surface area contributed by atoms with Crippen LogP contribution in [0, 0.1) is 5.92 Å². The van der Waals surface area contributed by atoms with Crippen molar-refractivity contribution in [1.82, 2.24) is 15.5 Å². The smallest absolute Gasteiger partial charge is 0.225 e. The summed E-state index contributed by atoms with van der Waals surface area (Å²) >= 11 is 5.59. The van der Waals surface area contributed by atoms with Crippen LogP contribution in [0.2, 0.25) is 0 Å². The second-order valence-corrected chi connectivity index (χ2v) is 9.28. The number of hydrogen-bond acceptors (Lipinski definition) is 7. The number of amides is 1. The second kappa shape index (κ2) is 9.88. The van der Waals surface area contributed by atoms with E-state index in [2.05, 4.69) is 15.5 Å². The number of morpholine rings is 1. The van der Waals surface area contributed by atoms with Crippen LogP contribution in [0.3, 0.4) is 0 Å². The van der Waals surface area contributed by atoms with E-state index in [1.54, 1.807) is 0 Å². The van der Waals surface area contributed by atoms with Crippen molar-refractivity contribution in [3.8, 4) is 0 Å². The Morgan fingerprint density at radius 3 is 2.59 bits per heavy atom. The number of carbonyl (C=O) groups excluding carboxylic acids is 1. The molecule has 1 amide bonds. The number of thiocarbonyl (C=S) groups is 1. The lowest BCUT2D eigenvalue weighted by molar-refractivity contribution is -0.131. The molecule has 3 fully saturated rings. The van der Waals surface area contributed by atoms with Gasteiger partial charge in [0.05, 0.1) is 37.3 Å². The number of rotatable bonds is 6. The lowest BCUT2D eigenvalue weighted by Gasteiger charge is -2.41. The number of hydrogen-bond donors (Lipinski definition) is 4. The highest BCUT2D eigenvalue weighted by atomic mass is 32.1. The van der Waals surface area contributed by atoms with Crippen LogP contribution in [0.5, 0.6) is 0 Å². The maximum atomic E-state index is 13.2. The second-order valence-electron chi connectivity index (χ2n) is 8.89. The van der Waals surface area contributed by atoms with Crippen molar-refractivity contribution in [2.24, 2.45) is 5.92 Å². The Balaban J connectivity index is 1.50. The zero-order valence-corrected chi connectivity index (χ0v) is 19.4. The Hall–Kier alpha value is -1.98. The molecule has 5 atom stereocenters. The summed E-state index contributed by atoms with van der Waals surface area (Å²) in [5, 5.41) is 27.7. The highest BCUT2D eigenvalue weighted by Gasteiger charge is 2.53. The highest BCUT2D eigenvalue weighted by Crippen LogP contribution is 2.37. The molecule has 2 aliphatic heterocycles. The van der Waals surface area contributed by atoms with Gasteiger partial charge in [0.15, 0.2) is 5.11 Å². The van der Waals surface area contributed by atoms with Gasteiger partial charge in [-0.1, -0.05) is 0 Å². The first-order chi connectivity index (χ1) is 15.4. The Kier molecular flexibility index (Phi) is 7.16. The van der Waals surface area contributed by atoms with Gasteiger partial charge >= 0.3 is 0 Å². The molecule has 4 N–H and O–H groups in total. The monoisotopic (exact) mass is 463 g/mol. The van der Waals surface area contributed by atoms with Gasteiger partial charge in [0.25, 0.3) is 0 Å². The fourth-order valence-corrected chi connectivity index (χ4v) is 5.21. The standard InChI is InChI=1S/C22H33N5O4S/c1-25(2)14-3-5-15(6-4-14)27-19-16(13-17(28)20(29)18(19)24-22(27)32)21(30)23-7-8-26-9-11-31-12-10-26/h3-6,16-20,28-29H,7-13H2,1-2H3,(H,23,30)(H,24,32)/t16-,17-,18-,19+,20+/m1/s1. The molecule has 9 nitrogen and oxygen atoms in total. The van der Waals surface area contributed by atoms with Crippen LogP contribution < -0.4 is 20.4 Å². The number of carbonyl (C=O) groups is 1. The van der Waals surface area contributed by atoms with Crippen molar-refractivity contribution in [3.63, 3.8) is 0 Å². The molecule has 32 heavy (non-hydrogen) atoms. The maximum Gasteiger partial charge on any atom is 0.225 e. The van der Waals surface area contributed by atoms with Crippen molar-refractivity contribution in [1.29, 1.82) is 0 Å². The van der Waals surface area contributed by atoms with Gasteiger partial charge in [0.1, 0.15) is 6.10 Å². The summed E-state index contributed by atoms with van der Waals surface area (Å²) in [7, 11) is 3.95. The molecular formula is C22H33N5O4S. The first-order valence-electron chi connectivity index (χ1n) is 11.2. The first-order valence-corrected chi connectivity index (χ1v) is 11.6. The normalized spacial score (nSPS) is 30.6. The molecule has 1 aliphatic carbocycles. The number of anilines is 2. The first kappa shape index (κ1) is 23.2. The van der Waals surface area contributed by atoms with Gasteiger partial charge < -0.3 is 35.4 Å². The molecule has 0 spiro atoms. The van der Waals surface area contributed by atoms with Gasteiger partial charge in [-0.05, 0) is 42.9 Å². The number of benzene rings is 1. The van der Waals surface area contributed by atoms with Crippen LogP contribution >= 0.6 is 12.2 Å². The van der Waals surface area contributed by atoms with E-state index in [0.717, 1.165) is 44.2 Å². The Morgan fingerprint density at radius 1 is 1.25 bits per heavy atom. The Morgan fingerprint density at radius 2 is 1.94 bits per heavy atom. The van der Waals surface area contributed by atoms with E-state index in [1.165, 1.54) is 0 Å². The van der Waals surface area contributed by atoms with Crippen LogP contribution in [0.4, 0.5) is 11.4 Å². The van der Waals surface area contributed by atoms with Crippen molar-refractivity contribution < 1.29 is 19.7 Å². The van der Waals surface area contributed by atoms with Crippen LogP contribution in [0.15, 0.2) is 24.3 Å². The van der Waals surface area contributed by atoms with Crippen molar-refractivity contribution in [3.05, 3.63) is 24.3 Å². The van der Waals surface area contributed by atoms with Crippen LogP contribution in [0.25, 0.3) is 0 Å². The van der Waals surface area contributed by atoms with Crippen molar-refractivity contribution in [2.75, 3.05) is 63.3 Å². The predicted octanol–water partition coefficient (Wildman–Crippen LogP) is -0.626. The SMILES string of the molecule is CN(C)c1ccc(N2C(=S)N[C@H]3[C@@H](O)[C@H](O)C[C@@H](C(=O)NCCN4CCOCC4)[C@@H]32)cc1. The minimum atomic E-state index is -0.999. The van der Waals surface area contributed by atoms with Gasteiger partial charge in [-0.3, -0.25) is 9.69 Å². The lowest BCUT2D eigenvalue weighted by Crippen LogP contribution is -2.61. The molecule has 1 saturated carbocycles. The van der Waals surface area contributed by atoms with E-state index in [1.807, 2.05) is 48.2 Å². The van der Waals surface area contributed by atoms with Gasteiger partial charge in [0.2, 0.25) is 5.91 Å². The average molecular weight is 464 g/mol. The van der Waals surface area contributed by atoms with Gasteiger partial charge in [0, 0.05) is 51.6 Å². The van der Waals surface area contributed by atoms with Gasteiger partial charge in [-0.15, -0.1) is 0 Å². The molecule has 0 unspecified atom stereocenters.